The summed E-state index contributed by atoms with van der Waals surface area (Å²) in [6.45, 7) is 0.581. The predicted octanol–water partition coefficient (Wildman–Crippen LogP) is 4.47. The van der Waals surface area contributed by atoms with Gasteiger partial charge in [-0.2, -0.15) is 13.2 Å². The van der Waals surface area contributed by atoms with E-state index in [1.165, 1.54) is 23.2 Å². The lowest BCUT2D eigenvalue weighted by Crippen LogP contribution is -2.67. The maximum atomic E-state index is 13.5. The highest BCUT2D eigenvalue weighted by Gasteiger charge is 2.49. The van der Waals surface area contributed by atoms with Crippen molar-refractivity contribution in [1.29, 1.82) is 0 Å². The van der Waals surface area contributed by atoms with E-state index in [-0.39, 0.29) is 17.6 Å². The minimum absolute atomic E-state index is 0.0993. The van der Waals surface area contributed by atoms with Gasteiger partial charge in [-0.1, -0.05) is 24.1 Å². The van der Waals surface area contributed by atoms with Gasteiger partial charge < -0.3 is 10.2 Å². The number of hydrazone groups is 1. The number of nitrogens with one attached hydrogen (secondary N) is 1. The smallest absolute Gasteiger partial charge is 0.329 e. The summed E-state index contributed by atoms with van der Waals surface area (Å²) in [5.41, 5.74) is -0.700. The Morgan fingerprint density at radius 1 is 1.12 bits per heavy atom. The van der Waals surface area contributed by atoms with Gasteiger partial charge in [0.15, 0.2) is 5.84 Å². The molecule has 2 bridgehead atoms. The van der Waals surface area contributed by atoms with Gasteiger partial charge in [0.2, 0.25) is 0 Å². The fraction of sp³-hybridized carbons (Fsp3) is 0.364. The third-order valence-corrected chi connectivity index (χ3v) is 6.59. The Hall–Kier alpha value is -2.65. The summed E-state index contributed by atoms with van der Waals surface area (Å²) in [5, 5.41) is 8.61. The number of piperidine rings is 1. The van der Waals surface area contributed by atoms with Gasteiger partial charge >= 0.3 is 6.18 Å². The molecule has 3 aliphatic rings. The number of carbonyl (C=O) groups is 1. The zero-order valence-electron chi connectivity index (χ0n) is 16.7. The number of alkyl halides is 3. The van der Waals surface area contributed by atoms with Gasteiger partial charge in [0.25, 0.3) is 5.91 Å². The molecule has 1 N–H and O–H groups in total. The van der Waals surface area contributed by atoms with Crippen molar-refractivity contribution >= 4 is 23.3 Å². The second kappa shape index (κ2) is 7.74. The summed E-state index contributed by atoms with van der Waals surface area (Å²) in [4.78, 5) is 15.4. The molecule has 5 nitrogen and oxygen atoms in total. The lowest BCUT2D eigenvalue weighted by atomic mass is 9.91. The van der Waals surface area contributed by atoms with Gasteiger partial charge in [0.05, 0.1) is 16.1 Å². The summed E-state index contributed by atoms with van der Waals surface area (Å²) in [6, 6.07) is 9.17. The van der Waals surface area contributed by atoms with Crippen LogP contribution in [0.1, 0.15) is 40.7 Å². The van der Waals surface area contributed by atoms with Crippen LogP contribution in [0.2, 0.25) is 5.02 Å². The van der Waals surface area contributed by atoms with E-state index in [1.807, 2.05) is 4.90 Å². The monoisotopic (exact) mass is 466 g/mol. The number of halogens is 5. The van der Waals surface area contributed by atoms with Gasteiger partial charge in [-0.3, -0.25) is 4.79 Å². The zero-order valence-corrected chi connectivity index (χ0v) is 17.5. The van der Waals surface area contributed by atoms with Crippen molar-refractivity contribution in [2.45, 2.75) is 43.7 Å². The molecule has 2 aromatic rings. The van der Waals surface area contributed by atoms with Crippen LogP contribution in [0.15, 0.2) is 47.6 Å². The number of carbonyl (C=O) groups excluding carboxylic acids is 1. The van der Waals surface area contributed by atoms with Crippen molar-refractivity contribution in [2.75, 3.05) is 6.54 Å². The predicted molar refractivity (Wildman–Crippen MR) is 111 cm³/mol. The fourth-order valence-corrected chi connectivity index (χ4v) is 5.07. The Morgan fingerprint density at radius 3 is 2.59 bits per heavy atom. The van der Waals surface area contributed by atoms with Crippen LogP contribution < -0.4 is 5.32 Å². The molecule has 1 amide bonds. The lowest BCUT2D eigenvalue weighted by molar-refractivity contribution is -0.137. The molecule has 32 heavy (non-hydrogen) atoms. The van der Waals surface area contributed by atoms with E-state index >= 15 is 0 Å². The van der Waals surface area contributed by atoms with E-state index in [9.17, 15) is 22.4 Å². The molecule has 0 radical (unpaired) electrons. The Morgan fingerprint density at radius 2 is 1.88 bits per heavy atom. The van der Waals surface area contributed by atoms with Gasteiger partial charge in [-0.25, -0.2) is 9.40 Å². The van der Waals surface area contributed by atoms with Gasteiger partial charge in [0, 0.05) is 24.2 Å². The molecule has 3 heterocycles. The minimum atomic E-state index is -4.68. The van der Waals surface area contributed by atoms with Crippen LogP contribution in [0.5, 0.6) is 0 Å². The van der Waals surface area contributed by atoms with Crippen molar-refractivity contribution in [2.24, 2.45) is 5.10 Å². The molecular formula is C22H19ClF4N4O. The molecule has 2 fully saturated rings. The summed E-state index contributed by atoms with van der Waals surface area (Å²) in [7, 11) is 0. The highest BCUT2D eigenvalue weighted by molar-refractivity contribution is 6.34. The SMILES string of the molecule is O=C(c1cccc(C(F)(F)F)c1Cl)N1N=C(c2ccc(F)cc2)N2CC3CCCC(N3)C21. The van der Waals surface area contributed by atoms with E-state index in [0.717, 1.165) is 31.4 Å². The number of nitrogens with zero attached hydrogens (tertiary/aromatic N) is 3. The summed E-state index contributed by atoms with van der Waals surface area (Å²) in [5.74, 6) is -0.617. The molecule has 0 spiro atoms. The number of hydrogen-bond donors (Lipinski definition) is 1. The Kier molecular flexibility index (Phi) is 5.13. The Balaban J connectivity index is 1.57. The molecule has 2 aromatic carbocycles. The third kappa shape index (κ3) is 3.53. The molecular weight excluding hydrogens is 448 g/mol. The van der Waals surface area contributed by atoms with Crippen LogP contribution in [0.25, 0.3) is 0 Å². The van der Waals surface area contributed by atoms with E-state index in [4.69, 9.17) is 11.6 Å². The van der Waals surface area contributed by atoms with Crippen molar-refractivity contribution < 1.29 is 22.4 Å². The van der Waals surface area contributed by atoms with Gasteiger partial charge in [0.1, 0.15) is 12.0 Å². The Labute approximate surface area is 186 Å². The lowest BCUT2D eigenvalue weighted by Gasteiger charge is -2.47. The van der Waals surface area contributed by atoms with Crippen LogP contribution in [-0.4, -0.2) is 46.4 Å². The summed E-state index contributed by atoms with van der Waals surface area (Å²) >= 11 is 6.03. The quantitative estimate of drug-likeness (QED) is 0.664. The first-order valence-electron chi connectivity index (χ1n) is 10.3. The highest BCUT2D eigenvalue weighted by Crippen LogP contribution is 2.38. The summed E-state index contributed by atoms with van der Waals surface area (Å²) < 4.78 is 53.5. The number of fused-ring (bicyclic) bond motifs is 4. The molecule has 5 rings (SSSR count). The minimum Gasteiger partial charge on any atom is -0.329 e. The zero-order chi connectivity index (χ0) is 22.6. The molecule has 3 aliphatic heterocycles. The molecule has 3 atom stereocenters. The first-order chi connectivity index (χ1) is 15.2. The third-order valence-electron chi connectivity index (χ3n) is 6.18. The average molecular weight is 467 g/mol. The van der Waals surface area contributed by atoms with Crippen LogP contribution in [0.3, 0.4) is 0 Å². The number of piperazine rings is 1. The molecule has 10 heteroatoms. The number of hydrogen-bond acceptors (Lipinski definition) is 4. The van der Waals surface area contributed by atoms with Crippen LogP contribution >= 0.6 is 11.6 Å². The molecule has 0 aromatic heterocycles. The van der Waals surface area contributed by atoms with E-state index in [0.29, 0.717) is 17.9 Å². The molecule has 0 saturated carbocycles. The number of benzene rings is 2. The van der Waals surface area contributed by atoms with E-state index in [2.05, 4.69) is 10.4 Å². The number of rotatable bonds is 2. The molecule has 0 aliphatic carbocycles. The topological polar surface area (TPSA) is 47.9 Å². The van der Waals surface area contributed by atoms with Crippen LogP contribution in [0.4, 0.5) is 17.6 Å². The first kappa shape index (κ1) is 21.2. The second-order valence-corrected chi connectivity index (χ2v) is 8.59. The molecule has 168 valence electrons. The number of amides is 1. The van der Waals surface area contributed by atoms with Gasteiger partial charge in [-0.05, 0) is 49.2 Å². The largest absolute Gasteiger partial charge is 0.417 e. The Bertz CT molecular complexity index is 1090. The summed E-state index contributed by atoms with van der Waals surface area (Å²) in [6.07, 6.45) is -2.45. The van der Waals surface area contributed by atoms with Crippen molar-refractivity contribution in [3.63, 3.8) is 0 Å². The standard InChI is InChI=1S/C22H19ClF4N4O/c23-18-15(4-2-5-16(18)22(25,26)27)21(32)31-20-17-6-1-3-14(28-17)11-30(20)19(29-31)12-7-9-13(24)10-8-12/h2,4-5,7-10,14,17,20,28H,1,3,6,11H2. The fourth-order valence-electron chi connectivity index (χ4n) is 4.76. The number of amidine groups is 1. The van der Waals surface area contributed by atoms with E-state index < -0.39 is 34.7 Å². The maximum absolute atomic E-state index is 13.5. The maximum Gasteiger partial charge on any atom is 0.417 e. The van der Waals surface area contributed by atoms with E-state index in [1.54, 1.807) is 12.1 Å². The van der Waals surface area contributed by atoms with Crippen molar-refractivity contribution in [3.8, 4) is 0 Å². The van der Waals surface area contributed by atoms with Crippen molar-refractivity contribution in [3.05, 3.63) is 70.0 Å². The van der Waals surface area contributed by atoms with Crippen LogP contribution in [-0.2, 0) is 6.18 Å². The molecule has 3 unspecified atom stereocenters. The van der Waals surface area contributed by atoms with Gasteiger partial charge in [-0.15, -0.1) is 5.10 Å². The second-order valence-electron chi connectivity index (χ2n) is 8.21. The average Bonchev–Trinajstić information content (AvgIpc) is 3.13. The highest BCUT2D eigenvalue weighted by atomic mass is 35.5. The normalized spacial score (nSPS) is 24.9. The molecule has 2 saturated heterocycles. The van der Waals surface area contributed by atoms with Crippen LogP contribution in [0, 0.1) is 5.82 Å². The van der Waals surface area contributed by atoms with Crippen molar-refractivity contribution in [1.82, 2.24) is 15.2 Å². The first-order valence-corrected chi connectivity index (χ1v) is 10.7.